The van der Waals surface area contributed by atoms with Gasteiger partial charge in [-0.2, -0.15) is 11.8 Å². The molecular weight excluding hydrogens is 579 g/mol. The number of fused-ring (bicyclic) bond motifs is 1. The number of carbonyl (C=O) groups excluding carboxylic acids is 1. The molecule has 2 heterocycles. The SMILES string of the molecule is CCN(CC)CCN(Cc1ccc(OC)cc1)C(=O)c1cccc(-c2cnc3ccc(NCCSC)nn23)c1.Cl.Cl. The van der Waals surface area contributed by atoms with Crippen LogP contribution in [0.15, 0.2) is 66.9 Å². The van der Waals surface area contributed by atoms with Crippen molar-refractivity contribution in [3.63, 3.8) is 0 Å². The Labute approximate surface area is 259 Å². The second kappa shape index (κ2) is 17.1. The van der Waals surface area contributed by atoms with Crippen molar-refractivity contribution in [1.82, 2.24) is 24.4 Å². The highest BCUT2D eigenvalue weighted by Gasteiger charge is 2.19. The van der Waals surface area contributed by atoms with E-state index in [1.54, 1.807) is 18.9 Å². The average molecular weight is 620 g/mol. The van der Waals surface area contributed by atoms with Crippen LogP contribution in [-0.4, -0.2) is 82.1 Å². The van der Waals surface area contributed by atoms with Gasteiger partial charge in [0, 0.05) is 43.1 Å². The van der Waals surface area contributed by atoms with Gasteiger partial charge in [-0.05, 0) is 61.3 Å². The number of likely N-dealkylation sites (N-methyl/N-ethyl adjacent to an activating group) is 1. The molecule has 0 saturated heterocycles. The van der Waals surface area contributed by atoms with Crippen molar-refractivity contribution in [1.29, 1.82) is 0 Å². The Morgan fingerprint density at radius 2 is 1.78 bits per heavy atom. The number of amides is 1. The van der Waals surface area contributed by atoms with Crippen molar-refractivity contribution in [3.8, 4) is 17.0 Å². The molecule has 1 N–H and O–H groups in total. The number of benzene rings is 2. The van der Waals surface area contributed by atoms with Crippen LogP contribution in [0.2, 0.25) is 0 Å². The molecular formula is C30H40Cl2N6O2S. The molecule has 1 amide bonds. The number of imidazole rings is 1. The van der Waals surface area contributed by atoms with E-state index in [1.807, 2.05) is 76.3 Å². The van der Waals surface area contributed by atoms with Crippen LogP contribution in [0.1, 0.15) is 29.8 Å². The van der Waals surface area contributed by atoms with Crippen LogP contribution in [0.5, 0.6) is 5.75 Å². The van der Waals surface area contributed by atoms with E-state index in [2.05, 4.69) is 35.3 Å². The van der Waals surface area contributed by atoms with Gasteiger partial charge in [-0.3, -0.25) is 4.79 Å². The van der Waals surface area contributed by atoms with Gasteiger partial charge in [0.05, 0.1) is 19.0 Å². The Kier molecular flexibility index (Phi) is 14.3. The van der Waals surface area contributed by atoms with Gasteiger partial charge < -0.3 is 19.9 Å². The Morgan fingerprint density at radius 3 is 2.46 bits per heavy atom. The summed E-state index contributed by atoms with van der Waals surface area (Å²) in [6.07, 6.45) is 3.90. The molecule has 11 heteroatoms. The number of ether oxygens (including phenoxy) is 1. The van der Waals surface area contributed by atoms with Gasteiger partial charge >= 0.3 is 0 Å². The molecule has 0 radical (unpaired) electrons. The van der Waals surface area contributed by atoms with Gasteiger partial charge in [0.15, 0.2) is 5.65 Å². The molecule has 0 aliphatic carbocycles. The van der Waals surface area contributed by atoms with Gasteiger partial charge in [-0.25, -0.2) is 9.50 Å². The molecule has 0 saturated carbocycles. The number of rotatable bonds is 14. The summed E-state index contributed by atoms with van der Waals surface area (Å²) in [7, 11) is 1.66. The van der Waals surface area contributed by atoms with E-state index in [1.165, 1.54) is 0 Å². The summed E-state index contributed by atoms with van der Waals surface area (Å²) < 4.78 is 7.14. The molecule has 0 atom stereocenters. The smallest absolute Gasteiger partial charge is 0.254 e. The molecule has 222 valence electrons. The van der Waals surface area contributed by atoms with Crippen molar-refractivity contribution in [2.75, 3.05) is 57.2 Å². The quantitative estimate of drug-likeness (QED) is 0.173. The summed E-state index contributed by atoms with van der Waals surface area (Å²) in [5, 5.41) is 8.11. The molecule has 2 aromatic carbocycles. The Balaban J connectivity index is 0.00000294. The van der Waals surface area contributed by atoms with E-state index in [0.29, 0.717) is 18.7 Å². The molecule has 0 aliphatic heterocycles. The van der Waals surface area contributed by atoms with E-state index in [9.17, 15) is 4.79 Å². The number of hydrogen-bond donors (Lipinski definition) is 1. The third-order valence-corrected chi connectivity index (χ3v) is 7.39. The second-order valence-electron chi connectivity index (χ2n) is 9.23. The fraction of sp³-hybridized carbons (Fsp3) is 0.367. The number of halogens is 2. The molecule has 4 aromatic rings. The minimum absolute atomic E-state index is 0. The number of nitrogens with one attached hydrogen (secondary N) is 1. The number of hydrogen-bond acceptors (Lipinski definition) is 7. The first kappa shape index (κ1) is 34.2. The highest BCUT2D eigenvalue weighted by atomic mass is 35.5. The van der Waals surface area contributed by atoms with Gasteiger partial charge in [-0.15, -0.1) is 29.9 Å². The monoisotopic (exact) mass is 618 g/mol. The molecule has 8 nitrogen and oxygen atoms in total. The summed E-state index contributed by atoms with van der Waals surface area (Å²) in [5.41, 5.74) is 4.21. The van der Waals surface area contributed by atoms with E-state index in [4.69, 9.17) is 9.84 Å². The molecule has 41 heavy (non-hydrogen) atoms. The lowest BCUT2D eigenvalue weighted by atomic mass is 10.1. The Bertz CT molecular complexity index is 1360. The van der Waals surface area contributed by atoms with Gasteiger partial charge in [0.25, 0.3) is 5.91 Å². The summed E-state index contributed by atoms with van der Waals surface area (Å²) in [4.78, 5) is 22.7. The summed E-state index contributed by atoms with van der Waals surface area (Å²) in [6.45, 7) is 9.02. The molecule has 4 rings (SSSR count). The first-order valence-electron chi connectivity index (χ1n) is 13.4. The largest absolute Gasteiger partial charge is 0.497 e. The first-order chi connectivity index (χ1) is 19.1. The summed E-state index contributed by atoms with van der Waals surface area (Å²) in [6, 6.07) is 19.6. The predicted molar refractivity (Wildman–Crippen MR) is 175 cm³/mol. The second-order valence-corrected chi connectivity index (χ2v) is 10.2. The van der Waals surface area contributed by atoms with Crippen LogP contribution in [0.3, 0.4) is 0 Å². The zero-order chi connectivity index (χ0) is 27.6. The first-order valence-corrected chi connectivity index (χ1v) is 14.8. The van der Waals surface area contributed by atoms with Gasteiger partial charge in [-0.1, -0.05) is 38.1 Å². The average Bonchev–Trinajstić information content (AvgIpc) is 3.40. The maximum absolute atomic E-state index is 13.9. The van der Waals surface area contributed by atoms with Crippen molar-refractivity contribution in [3.05, 3.63) is 78.0 Å². The topological polar surface area (TPSA) is 75.0 Å². The fourth-order valence-electron chi connectivity index (χ4n) is 4.45. The zero-order valence-corrected chi connectivity index (χ0v) is 26.5. The number of aromatic nitrogens is 3. The molecule has 0 spiro atoms. The number of carbonyl (C=O) groups is 1. The lowest BCUT2D eigenvalue weighted by molar-refractivity contribution is 0.0724. The maximum Gasteiger partial charge on any atom is 0.254 e. The molecule has 0 unspecified atom stereocenters. The fourth-order valence-corrected chi connectivity index (χ4v) is 4.75. The number of anilines is 1. The third-order valence-electron chi connectivity index (χ3n) is 6.78. The predicted octanol–water partition coefficient (Wildman–Crippen LogP) is 6.01. The molecule has 0 aliphatic rings. The normalized spacial score (nSPS) is 10.7. The van der Waals surface area contributed by atoms with Crippen LogP contribution in [0.4, 0.5) is 5.82 Å². The minimum Gasteiger partial charge on any atom is -0.497 e. The van der Waals surface area contributed by atoms with Crippen molar-refractivity contribution < 1.29 is 9.53 Å². The summed E-state index contributed by atoms with van der Waals surface area (Å²) >= 11 is 1.79. The Morgan fingerprint density at radius 1 is 1.02 bits per heavy atom. The van der Waals surface area contributed by atoms with Crippen LogP contribution in [0.25, 0.3) is 16.9 Å². The Hall–Kier alpha value is -2.98. The molecule has 0 fully saturated rings. The zero-order valence-electron chi connectivity index (χ0n) is 24.1. The number of thioether (sulfide) groups is 1. The number of methoxy groups -OCH3 is 1. The van der Waals surface area contributed by atoms with Crippen LogP contribution >= 0.6 is 36.6 Å². The van der Waals surface area contributed by atoms with Crippen molar-refractivity contribution in [2.24, 2.45) is 0 Å². The lowest BCUT2D eigenvalue weighted by Gasteiger charge is -2.27. The van der Waals surface area contributed by atoms with Gasteiger partial charge in [0.1, 0.15) is 11.6 Å². The molecule has 2 aromatic heterocycles. The van der Waals surface area contributed by atoms with E-state index in [-0.39, 0.29) is 30.7 Å². The van der Waals surface area contributed by atoms with E-state index in [0.717, 1.165) is 66.0 Å². The lowest BCUT2D eigenvalue weighted by Crippen LogP contribution is -2.38. The van der Waals surface area contributed by atoms with E-state index >= 15 is 0 Å². The minimum atomic E-state index is 0. The van der Waals surface area contributed by atoms with E-state index < -0.39 is 0 Å². The van der Waals surface area contributed by atoms with Crippen LogP contribution in [0, 0.1) is 0 Å². The maximum atomic E-state index is 13.9. The van der Waals surface area contributed by atoms with Crippen LogP contribution in [-0.2, 0) is 6.54 Å². The third kappa shape index (κ3) is 9.00. The summed E-state index contributed by atoms with van der Waals surface area (Å²) in [5.74, 6) is 2.60. The van der Waals surface area contributed by atoms with Crippen molar-refractivity contribution >= 4 is 53.9 Å². The van der Waals surface area contributed by atoms with Crippen LogP contribution < -0.4 is 10.1 Å². The highest BCUT2D eigenvalue weighted by Crippen LogP contribution is 2.23. The standard InChI is InChI=1S/C30H38N6O2S.2ClH/c1-5-34(6-2)17-18-35(22-23-10-12-26(38-3)13-11-23)30(37)25-9-7-8-24(20-25)27-21-32-29-15-14-28(33-36(27)29)31-16-19-39-4;;/h7-15,20-21H,5-6,16-19,22H2,1-4H3,(H,31,33);2*1H. The highest BCUT2D eigenvalue weighted by molar-refractivity contribution is 7.98. The van der Waals surface area contributed by atoms with Gasteiger partial charge in [0.2, 0.25) is 0 Å². The van der Waals surface area contributed by atoms with Crippen molar-refractivity contribution in [2.45, 2.75) is 20.4 Å². The number of nitrogens with zero attached hydrogens (tertiary/aromatic N) is 5. The molecule has 0 bridgehead atoms.